The zero-order chi connectivity index (χ0) is 14.5. The maximum Gasteiger partial charge on any atom is 0.343 e. The van der Waals surface area contributed by atoms with Crippen LogP contribution in [-0.2, 0) is 13.5 Å². The fraction of sp³-hybridized carbons (Fsp3) is 0.462. The summed E-state index contributed by atoms with van der Waals surface area (Å²) >= 11 is 1.73. The van der Waals surface area contributed by atoms with Gasteiger partial charge in [-0.2, -0.15) is 0 Å². The quantitative estimate of drug-likeness (QED) is 0.839. The van der Waals surface area contributed by atoms with Gasteiger partial charge in [-0.05, 0) is 23.8 Å². The molecule has 0 aromatic carbocycles. The number of aromatic amines is 1. The molecule has 1 unspecified atom stereocenters. The predicted octanol–water partition coefficient (Wildman–Crippen LogP) is 1.17. The molecule has 6 nitrogen and oxygen atoms in total. The average Bonchev–Trinajstić information content (AvgIpc) is 3.05. The van der Waals surface area contributed by atoms with E-state index in [0.29, 0.717) is 12.5 Å². The van der Waals surface area contributed by atoms with Gasteiger partial charge in [0.1, 0.15) is 0 Å². The Morgan fingerprint density at radius 1 is 1.60 bits per heavy atom. The highest BCUT2D eigenvalue weighted by Gasteiger charge is 2.14. The Hall–Kier alpha value is -1.89. The number of carbonyl (C=O) groups is 1. The van der Waals surface area contributed by atoms with E-state index in [2.05, 4.69) is 33.8 Å². The Bertz CT molecular complexity index is 615. The highest BCUT2D eigenvalue weighted by atomic mass is 32.1. The van der Waals surface area contributed by atoms with Gasteiger partial charge in [-0.3, -0.25) is 9.78 Å². The summed E-state index contributed by atoms with van der Waals surface area (Å²) in [6.45, 7) is 2.68. The lowest BCUT2D eigenvalue weighted by molar-refractivity contribution is 0.0936. The molecule has 1 amide bonds. The second-order valence-corrected chi connectivity index (χ2v) is 5.70. The highest BCUT2D eigenvalue weighted by Crippen LogP contribution is 2.16. The van der Waals surface area contributed by atoms with E-state index in [1.807, 2.05) is 6.07 Å². The zero-order valence-electron chi connectivity index (χ0n) is 11.5. The van der Waals surface area contributed by atoms with Crippen molar-refractivity contribution in [1.82, 2.24) is 20.1 Å². The van der Waals surface area contributed by atoms with Crippen LogP contribution < -0.4 is 11.0 Å². The largest absolute Gasteiger partial charge is 0.349 e. The van der Waals surface area contributed by atoms with E-state index in [0.717, 1.165) is 17.5 Å². The van der Waals surface area contributed by atoms with Crippen LogP contribution in [0.5, 0.6) is 0 Å². The predicted molar refractivity (Wildman–Crippen MR) is 78.0 cm³/mol. The number of rotatable bonds is 6. The lowest BCUT2D eigenvalue weighted by Gasteiger charge is -2.14. The first-order valence-electron chi connectivity index (χ1n) is 6.54. The van der Waals surface area contributed by atoms with E-state index in [9.17, 15) is 9.59 Å². The minimum Gasteiger partial charge on any atom is -0.349 e. The first-order valence-corrected chi connectivity index (χ1v) is 7.42. The fourth-order valence-electron chi connectivity index (χ4n) is 1.90. The zero-order valence-corrected chi connectivity index (χ0v) is 12.4. The number of thiophene rings is 1. The lowest BCUT2D eigenvalue weighted by atomic mass is 10.0. The summed E-state index contributed by atoms with van der Waals surface area (Å²) in [5, 5.41) is 8.71. The standard InChI is InChI=1S/C13H18N4O2S/c1-3-9(7-10-5-4-6-20-10)8-14-12(18)11-15-13(19)17(2)16-11/h4-6,9H,3,7-8H2,1-2H3,(H,14,18)(H,15,16,19). The van der Waals surface area contributed by atoms with Crippen LogP contribution in [-0.4, -0.2) is 27.2 Å². The first-order chi connectivity index (χ1) is 9.60. The van der Waals surface area contributed by atoms with Crippen molar-refractivity contribution in [2.45, 2.75) is 19.8 Å². The van der Waals surface area contributed by atoms with Gasteiger partial charge >= 0.3 is 5.69 Å². The van der Waals surface area contributed by atoms with Crippen molar-refractivity contribution in [2.75, 3.05) is 6.54 Å². The maximum atomic E-state index is 11.9. The third-order valence-electron chi connectivity index (χ3n) is 3.18. The molecule has 0 aliphatic heterocycles. The van der Waals surface area contributed by atoms with Gasteiger partial charge in [-0.1, -0.05) is 19.4 Å². The summed E-state index contributed by atoms with van der Waals surface area (Å²) in [5.41, 5.74) is -0.388. The molecule has 0 saturated carbocycles. The van der Waals surface area contributed by atoms with Gasteiger partial charge in [-0.25, -0.2) is 9.48 Å². The molecule has 7 heteroatoms. The fourth-order valence-corrected chi connectivity index (χ4v) is 2.72. The molecule has 2 aromatic rings. The number of hydrogen-bond acceptors (Lipinski definition) is 4. The van der Waals surface area contributed by atoms with Crippen molar-refractivity contribution in [3.05, 3.63) is 38.7 Å². The third-order valence-corrected chi connectivity index (χ3v) is 4.08. The number of H-pyrrole nitrogens is 1. The van der Waals surface area contributed by atoms with Crippen LogP contribution in [0.3, 0.4) is 0 Å². The third kappa shape index (κ3) is 3.57. The molecule has 0 radical (unpaired) electrons. The molecule has 0 bridgehead atoms. The number of carbonyl (C=O) groups excluding carboxylic acids is 1. The van der Waals surface area contributed by atoms with E-state index in [1.54, 1.807) is 11.3 Å². The Morgan fingerprint density at radius 2 is 2.40 bits per heavy atom. The molecule has 0 aliphatic carbocycles. The molecular weight excluding hydrogens is 276 g/mol. The topological polar surface area (TPSA) is 79.8 Å². The van der Waals surface area contributed by atoms with Crippen molar-refractivity contribution in [3.8, 4) is 0 Å². The van der Waals surface area contributed by atoms with Crippen LogP contribution in [0.4, 0.5) is 0 Å². The molecular formula is C13H18N4O2S. The van der Waals surface area contributed by atoms with Crippen LogP contribution in [0, 0.1) is 5.92 Å². The molecule has 108 valence electrons. The summed E-state index contributed by atoms with van der Waals surface area (Å²) < 4.78 is 1.11. The van der Waals surface area contributed by atoms with Crippen LogP contribution in [0.25, 0.3) is 0 Å². The van der Waals surface area contributed by atoms with Gasteiger partial charge in [0.05, 0.1) is 0 Å². The second kappa shape index (κ2) is 6.51. The normalized spacial score (nSPS) is 12.3. The van der Waals surface area contributed by atoms with Crippen molar-refractivity contribution in [3.63, 3.8) is 0 Å². The first kappa shape index (κ1) is 14.5. The molecule has 2 N–H and O–H groups in total. The van der Waals surface area contributed by atoms with E-state index in [1.165, 1.54) is 11.9 Å². The summed E-state index contributed by atoms with van der Waals surface area (Å²) in [5.74, 6) is 0.101. The molecule has 2 aromatic heterocycles. The van der Waals surface area contributed by atoms with Crippen molar-refractivity contribution in [2.24, 2.45) is 13.0 Å². The van der Waals surface area contributed by atoms with E-state index in [4.69, 9.17) is 0 Å². The van der Waals surface area contributed by atoms with Crippen LogP contribution in [0.2, 0.25) is 0 Å². The maximum absolute atomic E-state index is 11.9. The molecule has 0 spiro atoms. The molecule has 0 aliphatic rings. The molecule has 2 rings (SSSR count). The van der Waals surface area contributed by atoms with Gasteiger partial charge in [0.2, 0.25) is 5.82 Å². The van der Waals surface area contributed by atoms with Gasteiger partial charge in [-0.15, -0.1) is 16.4 Å². The van der Waals surface area contributed by atoms with E-state index < -0.39 is 0 Å². The SMILES string of the molecule is CCC(CNC(=O)c1nn(C)c(=O)[nH]1)Cc1cccs1. The van der Waals surface area contributed by atoms with Crippen molar-refractivity contribution >= 4 is 17.2 Å². The number of hydrogen-bond donors (Lipinski definition) is 2. The molecule has 0 fully saturated rings. The Labute approximate surface area is 120 Å². The molecule has 0 saturated heterocycles. The van der Waals surface area contributed by atoms with Crippen molar-refractivity contribution in [1.29, 1.82) is 0 Å². The van der Waals surface area contributed by atoms with Crippen LogP contribution in [0.15, 0.2) is 22.3 Å². The van der Waals surface area contributed by atoms with Gasteiger partial charge < -0.3 is 5.32 Å². The Kier molecular flexibility index (Phi) is 4.73. The molecule has 20 heavy (non-hydrogen) atoms. The number of amides is 1. The van der Waals surface area contributed by atoms with Crippen molar-refractivity contribution < 1.29 is 4.79 Å². The lowest BCUT2D eigenvalue weighted by Crippen LogP contribution is -2.30. The molecule has 1 atom stereocenters. The van der Waals surface area contributed by atoms with E-state index >= 15 is 0 Å². The Balaban J connectivity index is 1.89. The number of aryl methyl sites for hydroxylation is 1. The van der Waals surface area contributed by atoms with Crippen LogP contribution in [0.1, 0.15) is 28.8 Å². The summed E-state index contributed by atoms with van der Waals surface area (Å²) in [7, 11) is 1.50. The number of nitrogens with zero attached hydrogens (tertiary/aromatic N) is 2. The average molecular weight is 294 g/mol. The minimum atomic E-state index is -0.388. The number of aromatic nitrogens is 3. The number of nitrogens with one attached hydrogen (secondary N) is 2. The Morgan fingerprint density at radius 3 is 2.95 bits per heavy atom. The highest BCUT2D eigenvalue weighted by molar-refractivity contribution is 7.09. The van der Waals surface area contributed by atoms with Gasteiger partial charge in [0.25, 0.3) is 5.91 Å². The summed E-state index contributed by atoms with van der Waals surface area (Å²) in [4.78, 5) is 26.8. The summed E-state index contributed by atoms with van der Waals surface area (Å²) in [6, 6.07) is 4.13. The molecule has 2 heterocycles. The van der Waals surface area contributed by atoms with Gasteiger partial charge in [0, 0.05) is 18.5 Å². The monoisotopic (exact) mass is 294 g/mol. The van der Waals surface area contributed by atoms with Gasteiger partial charge in [0.15, 0.2) is 0 Å². The van der Waals surface area contributed by atoms with Crippen LogP contribution >= 0.6 is 11.3 Å². The smallest absolute Gasteiger partial charge is 0.343 e. The summed E-state index contributed by atoms with van der Waals surface area (Å²) in [6.07, 6.45) is 1.93. The minimum absolute atomic E-state index is 0.0588. The second-order valence-electron chi connectivity index (χ2n) is 4.67. The van der Waals surface area contributed by atoms with E-state index in [-0.39, 0.29) is 17.4 Å².